The number of amides is 1. The highest BCUT2D eigenvalue weighted by Crippen LogP contribution is 2.23. The van der Waals surface area contributed by atoms with Crippen LogP contribution in [0.5, 0.6) is 0 Å². The Bertz CT molecular complexity index is 732. The number of anilines is 1. The summed E-state index contributed by atoms with van der Waals surface area (Å²) in [5, 5.41) is 3.22. The summed E-state index contributed by atoms with van der Waals surface area (Å²) in [6, 6.07) is 8.61. The van der Waals surface area contributed by atoms with Crippen molar-refractivity contribution < 1.29 is 4.79 Å². The molecule has 1 aromatic carbocycles. The SMILES string of the molecule is Cc1ncccc1C(=O)Nc1cc(C#CCN)ccc1Cl. The second kappa shape index (κ2) is 6.89. The summed E-state index contributed by atoms with van der Waals surface area (Å²) in [7, 11) is 0. The molecule has 0 aliphatic heterocycles. The Morgan fingerprint density at radius 2 is 2.24 bits per heavy atom. The number of carbonyl (C=O) groups excluding carboxylic acids is 1. The molecular weight excluding hydrogens is 286 g/mol. The topological polar surface area (TPSA) is 68.0 Å². The van der Waals surface area contributed by atoms with Gasteiger partial charge >= 0.3 is 0 Å². The number of halogens is 1. The molecule has 0 atom stereocenters. The number of benzene rings is 1. The van der Waals surface area contributed by atoms with Gasteiger partial charge in [0.25, 0.3) is 5.91 Å². The highest BCUT2D eigenvalue weighted by Gasteiger charge is 2.11. The highest BCUT2D eigenvalue weighted by molar-refractivity contribution is 6.34. The maximum atomic E-state index is 12.2. The number of rotatable bonds is 2. The van der Waals surface area contributed by atoms with E-state index in [0.717, 1.165) is 5.56 Å². The molecule has 2 rings (SSSR count). The van der Waals surface area contributed by atoms with Crippen LogP contribution in [0.1, 0.15) is 21.6 Å². The van der Waals surface area contributed by atoms with Gasteiger partial charge < -0.3 is 11.1 Å². The smallest absolute Gasteiger partial charge is 0.257 e. The number of aromatic nitrogens is 1. The summed E-state index contributed by atoms with van der Waals surface area (Å²) in [5.74, 6) is 5.40. The number of nitrogens with one attached hydrogen (secondary N) is 1. The van der Waals surface area contributed by atoms with Crippen molar-refractivity contribution in [3.8, 4) is 11.8 Å². The lowest BCUT2D eigenvalue weighted by Gasteiger charge is -2.09. The molecule has 1 heterocycles. The van der Waals surface area contributed by atoms with E-state index < -0.39 is 0 Å². The second-order valence-electron chi connectivity index (χ2n) is 4.29. The fraction of sp³-hybridized carbons (Fsp3) is 0.125. The maximum Gasteiger partial charge on any atom is 0.257 e. The molecular formula is C16H14ClN3O. The Balaban J connectivity index is 2.27. The summed E-state index contributed by atoms with van der Waals surface area (Å²) in [6.45, 7) is 2.05. The molecule has 3 N–H and O–H groups in total. The Hall–Kier alpha value is -2.35. The van der Waals surface area contributed by atoms with Gasteiger partial charge in [-0.3, -0.25) is 9.78 Å². The van der Waals surface area contributed by atoms with Gasteiger partial charge in [0.2, 0.25) is 0 Å². The molecule has 4 nitrogen and oxygen atoms in total. The van der Waals surface area contributed by atoms with Crippen molar-refractivity contribution >= 4 is 23.2 Å². The zero-order valence-electron chi connectivity index (χ0n) is 11.5. The molecule has 0 saturated heterocycles. The van der Waals surface area contributed by atoms with Gasteiger partial charge in [-0.15, -0.1) is 0 Å². The van der Waals surface area contributed by atoms with Crippen LogP contribution in [-0.2, 0) is 0 Å². The lowest BCUT2D eigenvalue weighted by molar-refractivity contribution is 0.102. The third kappa shape index (κ3) is 3.82. The zero-order valence-corrected chi connectivity index (χ0v) is 12.2. The number of pyridine rings is 1. The van der Waals surface area contributed by atoms with Crippen molar-refractivity contribution in [2.45, 2.75) is 6.92 Å². The van der Waals surface area contributed by atoms with Gasteiger partial charge in [0.05, 0.1) is 22.8 Å². The molecule has 1 aromatic heterocycles. The predicted octanol–water partition coefficient (Wildman–Crippen LogP) is 2.61. The van der Waals surface area contributed by atoms with Crippen molar-refractivity contribution in [2.75, 3.05) is 11.9 Å². The molecule has 0 radical (unpaired) electrons. The van der Waals surface area contributed by atoms with Crippen LogP contribution in [0.25, 0.3) is 0 Å². The molecule has 0 aliphatic rings. The monoisotopic (exact) mass is 299 g/mol. The molecule has 5 heteroatoms. The Morgan fingerprint density at radius 3 is 2.95 bits per heavy atom. The molecule has 0 saturated carbocycles. The first-order chi connectivity index (χ1) is 10.1. The van der Waals surface area contributed by atoms with Gasteiger partial charge in [-0.25, -0.2) is 0 Å². The van der Waals surface area contributed by atoms with Crippen molar-refractivity contribution in [2.24, 2.45) is 5.73 Å². The lowest BCUT2D eigenvalue weighted by Crippen LogP contribution is -2.14. The quantitative estimate of drug-likeness (QED) is 0.838. The minimum atomic E-state index is -0.258. The van der Waals surface area contributed by atoms with E-state index in [2.05, 4.69) is 22.1 Å². The number of hydrogen-bond acceptors (Lipinski definition) is 3. The van der Waals surface area contributed by atoms with Gasteiger partial charge in [0.1, 0.15) is 0 Å². The van der Waals surface area contributed by atoms with E-state index in [1.165, 1.54) is 0 Å². The molecule has 2 aromatic rings. The van der Waals surface area contributed by atoms with E-state index >= 15 is 0 Å². The van der Waals surface area contributed by atoms with Crippen LogP contribution in [0, 0.1) is 18.8 Å². The van der Waals surface area contributed by atoms with E-state index in [1.54, 1.807) is 43.5 Å². The van der Waals surface area contributed by atoms with Crippen LogP contribution in [0.4, 0.5) is 5.69 Å². The third-order valence-corrected chi connectivity index (χ3v) is 3.13. The predicted molar refractivity (Wildman–Crippen MR) is 84.3 cm³/mol. The molecule has 0 spiro atoms. The van der Waals surface area contributed by atoms with Gasteiger partial charge in [0, 0.05) is 17.5 Å². The first-order valence-corrected chi connectivity index (χ1v) is 6.71. The first-order valence-electron chi connectivity index (χ1n) is 6.33. The Morgan fingerprint density at radius 1 is 1.43 bits per heavy atom. The molecule has 0 unspecified atom stereocenters. The van der Waals surface area contributed by atoms with E-state index in [9.17, 15) is 4.79 Å². The summed E-state index contributed by atoms with van der Waals surface area (Å²) in [5.41, 5.74) is 7.75. The molecule has 21 heavy (non-hydrogen) atoms. The minimum Gasteiger partial charge on any atom is -0.321 e. The summed E-state index contributed by atoms with van der Waals surface area (Å²) in [6.07, 6.45) is 1.64. The highest BCUT2D eigenvalue weighted by atomic mass is 35.5. The molecule has 0 aliphatic carbocycles. The minimum absolute atomic E-state index is 0.258. The standard InChI is InChI=1S/C16H14ClN3O/c1-11-13(5-3-9-19-11)16(21)20-15-10-12(4-2-8-18)6-7-14(15)17/h3,5-7,9-10H,8,18H2,1H3,(H,20,21). The fourth-order valence-electron chi connectivity index (χ4n) is 1.77. The van der Waals surface area contributed by atoms with Gasteiger partial charge in [-0.05, 0) is 37.3 Å². The van der Waals surface area contributed by atoms with E-state index in [-0.39, 0.29) is 12.5 Å². The van der Waals surface area contributed by atoms with Crippen LogP contribution < -0.4 is 11.1 Å². The van der Waals surface area contributed by atoms with Crippen molar-refractivity contribution in [3.05, 3.63) is 58.4 Å². The van der Waals surface area contributed by atoms with E-state index in [4.69, 9.17) is 17.3 Å². The summed E-state index contributed by atoms with van der Waals surface area (Å²) >= 11 is 6.10. The lowest BCUT2D eigenvalue weighted by atomic mass is 10.1. The van der Waals surface area contributed by atoms with Gasteiger partial charge in [-0.1, -0.05) is 23.4 Å². The van der Waals surface area contributed by atoms with Crippen LogP contribution in [-0.4, -0.2) is 17.4 Å². The van der Waals surface area contributed by atoms with Crippen molar-refractivity contribution in [3.63, 3.8) is 0 Å². The molecule has 106 valence electrons. The number of hydrogen-bond donors (Lipinski definition) is 2. The van der Waals surface area contributed by atoms with Crippen molar-refractivity contribution in [1.29, 1.82) is 0 Å². The second-order valence-corrected chi connectivity index (χ2v) is 4.70. The van der Waals surface area contributed by atoms with Gasteiger partial charge in [-0.2, -0.15) is 0 Å². The van der Waals surface area contributed by atoms with E-state index in [0.29, 0.717) is 22.0 Å². The molecule has 0 fully saturated rings. The summed E-state index contributed by atoms with van der Waals surface area (Å²) < 4.78 is 0. The largest absolute Gasteiger partial charge is 0.321 e. The fourth-order valence-corrected chi connectivity index (χ4v) is 1.93. The van der Waals surface area contributed by atoms with Crippen LogP contribution in [0.3, 0.4) is 0 Å². The summed E-state index contributed by atoms with van der Waals surface area (Å²) in [4.78, 5) is 16.3. The first kappa shape index (κ1) is 15.0. The number of nitrogens with zero attached hydrogens (tertiary/aromatic N) is 1. The van der Waals surface area contributed by atoms with Gasteiger partial charge in [0.15, 0.2) is 0 Å². The molecule has 0 bridgehead atoms. The third-order valence-electron chi connectivity index (χ3n) is 2.80. The van der Waals surface area contributed by atoms with E-state index in [1.807, 2.05) is 0 Å². The number of nitrogens with two attached hydrogens (primary N) is 1. The normalized spacial score (nSPS) is 9.67. The average molecular weight is 300 g/mol. The van der Waals surface area contributed by atoms with Crippen LogP contribution in [0.15, 0.2) is 36.5 Å². The van der Waals surface area contributed by atoms with Crippen LogP contribution >= 0.6 is 11.6 Å². The number of aryl methyl sites for hydroxylation is 1. The van der Waals surface area contributed by atoms with Crippen LogP contribution in [0.2, 0.25) is 5.02 Å². The maximum absolute atomic E-state index is 12.2. The van der Waals surface area contributed by atoms with Crippen molar-refractivity contribution in [1.82, 2.24) is 4.98 Å². The average Bonchev–Trinajstić information content (AvgIpc) is 2.48. The molecule has 1 amide bonds. The Kier molecular flexibility index (Phi) is 4.94. The number of carbonyl (C=O) groups is 1. The zero-order chi connectivity index (χ0) is 15.2. The Labute approximate surface area is 128 Å².